The number of esters is 1. The summed E-state index contributed by atoms with van der Waals surface area (Å²) >= 11 is 7.42. The Morgan fingerprint density at radius 3 is 2.80 bits per heavy atom. The Morgan fingerprint density at radius 2 is 2.20 bits per heavy atom. The number of carbonyl (C=O) groups excluding carboxylic acids is 1. The van der Waals surface area contributed by atoms with Gasteiger partial charge in [0.1, 0.15) is 0 Å². The second-order valence-electron chi connectivity index (χ2n) is 4.30. The number of nitrogens with zero attached hydrogens (tertiary/aromatic N) is 1. The van der Waals surface area contributed by atoms with Gasteiger partial charge < -0.3 is 4.74 Å². The molecular formula is C15H16ClNO2S. The lowest BCUT2D eigenvalue weighted by Gasteiger charge is -2.09. The summed E-state index contributed by atoms with van der Waals surface area (Å²) in [5.41, 5.74) is 3.15. The van der Waals surface area contributed by atoms with E-state index < -0.39 is 0 Å². The van der Waals surface area contributed by atoms with E-state index in [-0.39, 0.29) is 5.97 Å². The lowest BCUT2D eigenvalue weighted by atomic mass is 10.1. The van der Waals surface area contributed by atoms with Crippen LogP contribution in [0, 0.1) is 0 Å². The fraction of sp³-hybridized carbons (Fsp3) is 0.333. The Bertz CT molecular complexity index is 610. The molecule has 0 fully saturated rings. The molecule has 0 bridgehead atoms. The maximum absolute atomic E-state index is 11.9. The Hall–Kier alpha value is -1.39. The Kier molecular flexibility index (Phi) is 5.15. The van der Waals surface area contributed by atoms with Crippen molar-refractivity contribution in [2.45, 2.75) is 26.7 Å². The number of pyridine rings is 1. The van der Waals surface area contributed by atoms with Crippen LogP contribution in [0.15, 0.2) is 23.6 Å². The molecule has 0 aliphatic heterocycles. The highest BCUT2D eigenvalue weighted by Crippen LogP contribution is 2.28. The smallest absolute Gasteiger partial charge is 0.339 e. The highest BCUT2D eigenvalue weighted by molar-refractivity contribution is 7.14. The third kappa shape index (κ3) is 3.38. The molecular weight excluding hydrogens is 294 g/mol. The van der Waals surface area contributed by atoms with Gasteiger partial charge in [-0.05, 0) is 31.5 Å². The number of aryl methyl sites for hydroxylation is 1. The zero-order valence-corrected chi connectivity index (χ0v) is 13.1. The molecule has 0 N–H and O–H groups in total. The summed E-state index contributed by atoms with van der Waals surface area (Å²) in [4.78, 5) is 16.5. The van der Waals surface area contributed by atoms with Crippen molar-refractivity contribution >= 4 is 28.9 Å². The van der Waals surface area contributed by atoms with Crippen LogP contribution >= 0.6 is 22.9 Å². The minimum atomic E-state index is -0.307. The minimum absolute atomic E-state index is 0.307. The number of rotatable bonds is 5. The maximum Gasteiger partial charge on any atom is 0.339 e. The van der Waals surface area contributed by atoms with E-state index in [2.05, 4.69) is 11.9 Å². The van der Waals surface area contributed by atoms with E-state index in [0.717, 1.165) is 34.1 Å². The highest BCUT2D eigenvalue weighted by Gasteiger charge is 2.15. The summed E-state index contributed by atoms with van der Waals surface area (Å²) in [7, 11) is 0. The molecule has 0 saturated heterocycles. The van der Waals surface area contributed by atoms with Crippen LogP contribution in [0.2, 0.25) is 4.34 Å². The minimum Gasteiger partial charge on any atom is -0.462 e. The van der Waals surface area contributed by atoms with Gasteiger partial charge in [-0.1, -0.05) is 24.9 Å². The van der Waals surface area contributed by atoms with Crippen LogP contribution in [0.5, 0.6) is 0 Å². The molecule has 0 amide bonds. The van der Waals surface area contributed by atoms with Gasteiger partial charge in [0.2, 0.25) is 0 Å². The molecule has 2 heterocycles. The summed E-state index contributed by atoms with van der Waals surface area (Å²) in [5.74, 6) is -0.307. The molecule has 0 unspecified atom stereocenters. The SMILES string of the molecule is CCCc1nc(-c2csc(Cl)c2)ccc1C(=O)OCC. The number of ether oxygens (including phenoxy) is 1. The van der Waals surface area contributed by atoms with Crippen LogP contribution in [-0.4, -0.2) is 17.6 Å². The first-order chi connectivity index (χ1) is 9.65. The predicted molar refractivity (Wildman–Crippen MR) is 82.5 cm³/mol. The molecule has 0 aromatic carbocycles. The van der Waals surface area contributed by atoms with Crippen molar-refractivity contribution in [3.05, 3.63) is 39.2 Å². The van der Waals surface area contributed by atoms with E-state index in [4.69, 9.17) is 16.3 Å². The fourth-order valence-corrected chi connectivity index (χ4v) is 2.80. The molecule has 2 rings (SSSR count). The molecule has 0 radical (unpaired) electrons. The van der Waals surface area contributed by atoms with Crippen LogP contribution < -0.4 is 0 Å². The predicted octanol–water partition coefficient (Wildman–Crippen LogP) is 4.59. The Morgan fingerprint density at radius 1 is 1.40 bits per heavy atom. The largest absolute Gasteiger partial charge is 0.462 e. The van der Waals surface area contributed by atoms with Gasteiger partial charge in [0.15, 0.2) is 0 Å². The van der Waals surface area contributed by atoms with Crippen molar-refractivity contribution in [1.29, 1.82) is 0 Å². The standard InChI is InChI=1S/C15H16ClNO2S/c1-3-5-13-11(15(18)19-4-2)6-7-12(17-13)10-8-14(16)20-9-10/h6-9H,3-5H2,1-2H3. The van der Waals surface area contributed by atoms with E-state index in [9.17, 15) is 4.79 Å². The fourth-order valence-electron chi connectivity index (χ4n) is 1.93. The normalized spacial score (nSPS) is 10.6. The summed E-state index contributed by atoms with van der Waals surface area (Å²) in [6, 6.07) is 5.51. The zero-order valence-electron chi connectivity index (χ0n) is 11.5. The van der Waals surface area contributed by atoms with E-state index in [0.29, 0.717) is 12.2 Å². The van der Waals surface area contributed by atoms with Gasteiger partial charge in [-0.25, -0.2) is 4.79 Å². The molecule has 0 saturated carbocycles. The number of aromatic nitrogens is 1. The van der Waals surface area contributed by atoms with Gasteiger partial charge in [0.05, 0.1) is 27.9 Å². The Labute approximate surface area is 127 Å². The van der Waals surface area contributed by atoms with Gasteiger partial charge in [-0.3, -0.25) is 4.98 Å². The van der Waals surface area contributed by atoms with Gasteiger partial charge in [-0.15, -0.1) is 11.3 Å². The topological polar surface area (TPSA) is 39.2 Å². The average Bonchev–Trinajstić information content (AvgIpc) is 2.86. The lowest BCUT2D eigenvalue weighted by molar-refractivity contribution is 0.0524. The molecule has 106 valence electrons. The first-order valence-corrected chi connectivity index (χ1v) is 7.83. The monoisotopic (exact) mass is 309 g/mol. The van der Waals surface area contributed by atoms with Crippen molar-refractivity contribution in [3.63, 3.8) is 0 Å². The number of halogens is 1. The summed E-state index contributed by atoms with van der Waals surface area (Å²) in [6.07, 6.45) is 1.67. The van der Waals surface area contributed by atoms with E-state index >= 15 is 0 Å². The van der Waals surface area contributed by atoms with Crippen molar-refractivity contribution in [3.8, 4) is 11.3 Å². The Balaban J connectivity index is 2.39. The third-order valence-corrected chi connectivity index (χ3v) is 3.91. The van der Waals surface area contributed by atoms with Crippen molar-refractivity contribution < 1.29 is 9.53 Å². The van der Waals surface area contributed by atoms with Crippen molar-refractivity contribution in [1.82, 2.24) is 4.98 Å². The number of thiophene rings is 1. The molecule has 0 aliphatic carbocycles. The molecule has 3 nitrogen and oxygen atoms in total. The number of hydrogen-bond acceptors (Lipinski definition) is 4. The molecule has 5 heteroatoms. The van der Waals surface area contributed by atoms with Gasteiger partial charge >= 0.3 is 5.97 Å². The first-order valence-electron chi connectivity index (χ1n) is 6.57. The third-order valence-electron chi connectivity index (χ3n) is 2.82. The van der Waals surface area contributed by atoms with Crippen LogP contribution in [0.1, 0.15) is 36.3 Å². The van der Waals surface area contributed by atoms with Crippen molar-refractivity contribution in [2.75, 3.05) is 6.61 Å². The summed E-state index contributed by atoms with van der Waals surface area (Å²) in [5, 5.41) is 1.96. The summed E-state index contributed by atoms with van der Waals surface area (Å²) < 4.78 is 5.80. The molecule has 0 spiro atoms. The summed E-state index contributed by atoms with van der Waals surface area (Å²) in [6.45, 7) is 4.23. The lowest BCUT2D eigenvalue weighted by Crippen LogP contribution is -2.10. The van der Waals surface area contributed by atoms with E-state index in [1.807, 2.05) is 17.5 Å². The van der Waals surface area contributed by atoms with Crippen LogP contribution in [0.25, 0.3) is 11.3 Å². The van der Waals surface area contributed by atoms with Crippen LogP contribution in [0.3, 0.4) is 0 Å². The average molecular weight is 310 g/mol. The molecule has 2 aromatic rings. The van der Waals surface area contributed by atoms with Gasteiger partial charge in [0.25, 0.3) is 0 Å². The van der Waals surface area contributed by atoms with Crippen LogP contribution in [0.4, 0.5) is 0 Å². The maximum atomic E-state index is 11.9. The molecule has 0 aliphatic rings. The van der Waals surface area contributed by atoms with Crippen LogP contribution in [-0.2, 0) is 11.2 Å². The molecule has 2 aromatic heterocycles. The van der Waals surface area contributed by atoms with E-state index in [1.165, 1.54) is 11.3 Å². The quantitative estimate of drug-likeness (QED) is 0.758. The van der Waals surface area contributed by atoms with Gasteiger partial charge in [-0.2, -0.15) is 0 Å². The highest BCUT2D eigenvalue weighted by atomic mass is 35.5. The number of hydrogen-bond donors (Lipinski definition) is 0. The van der Waals surface area contributed by atoms with Gasteiger partial charge in [0, 0.05) is 10.9 Å². The second-order valence-corrected chi connectivity index (χ2v) is 5.84. The van der Waals surface area contributed by atoms with Crippen molar-refractivity contribution in [2.24, 2.45) is 0 Å². The molecule has 20 heavy (non-hydrogen) atoms. The zero-order chi connectivity index (χ0) is 14.5. The second kappa shape index (κ2) is 6.86. The molecule has 0 atom stereocenters. The first kappa shape index (κ1) is 15.0. The number of carbonyl (C=O) groups is 1. The van der Waals surface area contributed by atoms with E-state index in [1.54, 1.807) is 13.0 Å².